The van der Waals surface area contributed by atoms with Crippen molar-refractivity contribution in [2.24, 2.45) is 0 Å². The van der Waals surface area contributed by atoms with Crippen molar-refractivity contribution in [3.05, 3.63) is 0 Å². The summed E-state index contributed by atoms with van der Waals surface area (Å²) >= 11 is 0. The Balaban J connectivity index is 3.00. The third kappa shape index (κ3) is 6.58. The van der Waals surface area contributed by atoms with E-state index in [9.17, 15) is 13.3 Å². The molecule has 0 aromatic heterocycles. The molecule has 0 unspecified atom stereocenters. The van der Waals surface area contributed by atoms with Gasteiger partial charge in [-0.05, 0) is 0 Å². The fourth-order valence-corrected chi connectivity index (χ4v) is 0.900. The molecule has 0 rings (SSSR count). The summed E-state index contributed by atoms with van der Waals surface area (Å²) in [5, 5.41) is 0. The molecular weight excluding hydrogens is 376 g/mol. The third-order valence-corrected chi connectivity index (χ3v) is 1.94. The maximum absolute atomic E-state index is 11.2. The molecule has 9 heavy (non-hydrogen) atoms. The van der Waals surface area contributed by atoms with Crippen LogP contribution in [0.15, 0.2) is 0 Å². The number of hydrogen-bond donors (Lipinski definition) is 0. The van der Waals surface area contributed by atoms with Crippen molar-refractivity contribution >= 4 is 6.93 Å². The molecule has 0 radical (unpaired) electrons. The molecule has 6 heteroatoms. The summed E-state index contributed by atoms with van der Waals surface area (Å²) in [6.07, 6.45) is 0. The molecule has 0 aliphatic carbocycles. The molecule has 0 heterocycles. The van der Waals surface area contributed by atoms with E-state index in [2.05, 4.69) is 9.68 Å². The zero-order valence-electron chi connectivity index (χ0n) is 4.18. The molecule has 59 valence electrons. The molecule has 0 fully saturated rings. The Kier molecular flexibility index (Phi) is 3.99. The van der Waals surface area contributed by atoms with Crippen LogP contribution in [-0.4, -0.2) is 20.8 Å². The summed E-state index contributed by atoms with van der Waals surface area (Å²) in [5.41, 5.74) is 0. The zero-order valence-corrected chi connectivity index (χ0v) is 6.81. The van der Waals surface area contributed by atoms with Crippen LogP contribution in [0.4, 0.5) is 13.3 Å². The molecule has 0 N–H and O–H groups in total. The topological polar surface area (TPSA) is 18.5 Å². The number of hydrogen-bond acceptors (Lipinski definition) is 2. The fraction of sp³-hybridized carbons (Fsp3) is 0.667. The second-order valence-corrected chi connectivity index (χ2v) is 3.51. The quantitative estimate of drug-likeness (QED) is 0.534. The molecule has 0 aliphatic heterocycles. The van der Waals surface area contributed by atoms with Crippen molar-refractivity contribution in [3.8, 4) is 0 Å². The van der Waals surface area contributed by atoms with Crippen LogP contribution in [0.5, 0.6) is 0 Å². The normalized spacial score (nSPS) is 8.78. The van der Waals surface area contributed by atoms with E-state index in [-0.39, 0.29) is 7.11 Å². The maximum atomic E-state index is 11.2. The van der Waals surface area contributed by atoms with E-state index < -0.39 is 13.7 Å². The first-order valence-corrected chi connectivity index (χ1v) is 4.96. The minimum atomic E-state index is -1.63. The Morgan fingerprint density at radius 2 is 2.11 bits per heavy atom. The van der Waals surface area contributed by atoms with Crippen LogP contribution < -0.4 is 0 Å². The second kappa shape index (κ2) is 4.73. The third-order valence-electron chi connectivity index (χ3n) is 0.323. The van der Waals surface area contributed by atoms with Crippen LogP contribution in [0, 0.1) is 0 Å². The number of halogens is 3. The molecule has 0 saturated carbocycles. The van der Waals surface area contributed by atoms with Crippen LogP contribution in [0.1, 0.15) is 0 Å². The predicted molar refractivity (Wildman–Crippen MR) is 20.2 cm³/mol. The van der Waals surface area contributed by atoms with Gasteiger partial charge in [0.1, 0.15) is 0 Å². The molecule has 0 amide bonds. The van der Waals surface area contributed by atoms with Crippen LogP contribution in [0.25, 0.3) is 0 Å². The molecule has 0 spiro atoms. The zero-order chi connectivity index (χ0) is 7.11. The summed E-state index contributed by atoms with van der Waals surface area (Å²) < 4.78 is 35.8. The molecule has 2 nitrogen and oxygen atoms in total. The van der Waals surface area contributed by atoms with E-state index in [1.807, 2.05) is 0 Å². The monoisotopic (exact) mass is 378 g/mol. The van der Waals surface area contributed by atoms with Gasteiger partial charge in [0.2, 0.25) is 0 Å². The Morgan fingerprint density at radius 3 is 2.56 bits per heavy atom. The van der Waals surface area contributed by atoms with Gasteiger partial charge in [-0.25, -0.2) is 0 Å². The van der Waals surface area contributed by atoms with Crippen molar-refractivity contribution < 1.29 is 23.0 Å². The number of ether oxygens (including phenoxy) is 1. The molecule has 0 atom stereocenters. The van der Waals surface area contributed by atoms with Gasteiger partial charge in [-0.15, -0.1) is 0 Å². The van der Waals surface area contributed by atoms with E-state index in [0.29, 0.717) is 0 Å². The Morgan fingerprint density at radius 1 is 1.44 bits per heavy atom. The van der Waals surface area contributed by atoms with Gasteiger partial charge in [0.15, 0.2) is 0 Å². The van der Waals surface area contributed by atoms with Gasteiger partial charge in [0.25, 0.3) is 0 Å². The van der Waals surface area contributed by atoms with E-state index in [1.54, 1.807) is 0 Å². The summed E-state index contributed by atoms with van der Waals surface area (Å²) in [4.78, 5) is 2.97. The average molecular weight is 380 g/mol. The molecule has 0 aliphatic rings. The number of rotatable bonds is 4. The van der Waals surface area contributed by atoms with Gasteiger partial charge < -0.3 is 0 Å². The summed E-state index contributed by atoms with van der Waals surface area (Å²) in [6.45, 7) is -2.13. The second-order valence-electron chi connectivity index (χ2n) is 0.825. The van der Waals surface area contributed by atoms with E-state index in [0.717, 1.165) is 0 Å². The minimum absolute atomic E-state index is 0.0681. The Hall–Kier alpha value is -1.42. The van der Waals surface area contributed by atoms with Gasteiger partial charge in [-0.3, -0.25) is 0 Å². The Labute approximate surface area is 45.1 Å². The fourth-order valence-electron chi connectivity index (χ4n) is 0.125. The first-order chi connectivity index (χ1) is 4.27. The molecule has 0 bridgehead atoms. The first-order valence-electron chi connectivity index (χ1n) is 1.78. The van der Waals surface area contributed by atoms with Crippen molar-refractivity contribution in [1.82, 2.24) is 0 Å². The van der Waals surface area contributed by atoms with Crippen molar-refractivity contribution in [1.29, 1.82) is 0 Å². The van der Waals surface area contributed by atoms with Crippen molar-refractivity contribution in [2.75, 3.05) is 13.9 Å². The molecule has 0 aromatic carbocycles. The van der Waals surface area contributed by atoms with Crippen molar-refractivity contribution in [3.63, 3.8) is 0 Å². The van der Waals surface area contributed by atoms with E-state index in [1.165, 1.54) is 0 Å². The van der Waals surface area contributed by atoms with Gasteiger partial charge >= 0.3 is 43.8 Å². The van der Waals surface area contributed by atoms with Crippen molar-refractivity contribution in [2.45, 2.75) is 0 Å². The van der Waals surface area contributed by atoms with Crippen LogP contribution in [0.2, 0.25) is 0 Å². The predicted octanol–water partition coefficient (Wildman–Crippen LogP) is 0.931. The molecule has 0 saturated heterocycles. The first kappa shape index (κ1) is 7.58. The van der Waals surface area contributed by atoms with Crippen LogP contribution in [-0.2, 0) is 9.68 Å². The van der Waals surface area contributed by atoms with Crippen LogP contribution >= 0.6 is 0 Å². The average Bonchev–Trinajstić information content (AvgIpc) is 1.80. The SMILES string of the molecule is FOCO[CH2][Cf]=[C](F)F. The summed E-state index contributed by atoms with van der Waals surface area (Å²) in [7, 11) is -0.0681. The van der Waals surface area contributed by atoms with Gasteiger partial charge in [-0.1, -0.05) is 0 Å². The molecule has 0 aromatic rings. The Bertz CT molecular complexity index is 93.1. The van der Waals surface area contributed by atoms with Crippen LogP contribution in [0.3, 0.4) is 0 Å². The summed E-state index contributed by atoms with van der Waals surface area (Å²) in [6, 6.07) is 0. The van der Waals surface area contributed by atoms with Gasteiger partial charge in [0.05, 0.1) is 0 Å². The van der Waals surface area contributed by atoms with Gasteiger partial charge in [-0.2, -0.15) is 0 Å². The van der Waals surface area contributed by atoms with E-state index >= 15 is 0 Å². The summed E-state index contributed by atoms with van der Waals surface area (Å²) in [5.74, 6) is 0. The van der Waals surface area contributed by atoms with Gasteiger partial charge in [0, 0.05) is 0 Å². The standard InChI is InChI=1S/C2H4FO2.CF2.Cf/c1-4-2-5-3;2-1-3;/h1-2H2;;. The molecular formula is C3H4CfF3O2. The van der Waals surface area contributed by atoms with E-state index in [4.69, 9.17) is 0 Å².